The summed E-state index contributed by atoms with van der Waals surface area (Å²) in [6.45, 7) is 15.5. The first-order valence-corrected chi connectivity index (χ1v) is 14.4. The molecule has 2 N–H and O–H groups in total. The van der Waals surface area contributed by atoms with Crippen LogP contribution in [0.15, 0.2) is 49.6 Å². The molecule has 8 heteroatoms. The minimum absolute atomic E-state index is 0.0103. The van der Waals surface area contributed by atoms with Crippen LogP contribution in [0.3, 0.4) is 0 Å². The summed E-state index contributed by atoms with van der Waals surface area (Å²) in [6, 6.07) is 7.64. The molecular weight excluding hydrogens is 518 g/mol. The fourth-order valence-corrected chi connectivity index (χ4v) is 5.06. The Morgan fingerprint density at radius 1 is 1.10 bits per heavy atom. The summed E-state index contributed by atoms with van der Waals surface area (Å²) in [4.78, 5) is 30.1. The topological polar surface area (TPSA) is 98.8 Å². The maximum Gasteiger partial charge on any atom is 0.407 e. The number of hydrogen-bond donors (Lipinski definition) is 2. The third-order valence-corrected chi connectivity index (χ3v) is 6.96. The monoisotopic (exact) mass is 563 g/mol. The van der Waals surface area contributed by atoms with Crippen LogP contribution >= 0.6 is 0 Å². The summed E-state index contributed by atoms with van der Waals surface area (Å²) in [5, 5.41) is 6.04. The van der Waals surface area contributed by atoms with Crippen LogP contribution in [-0.2, 0) is 24.1 Å². The Morgan fingerprint density at radius 3 is 2.46 bits per heavy atom. The molecule has 1 aromatic heterocycles. The second kappa shape index (κ2) is 14.7. The van der Waals surface area contributed by atoms with Gasteiger partial charge in [-0.1, -0.05) is 18.2 Å². The number of amides is 2. The van der Waals surface area contributed by atoms with Crippen molar-refractivity contribution in [2.24, 2.45) is 0 Å². The summed E-state index contributed by atoms with van der Waals surface area (Å²) >= 11 is 0. The van der Waals surface area contributed by atoms with E-state index < -0.39 is 5.60 Å². The Labute approximate surface area is 244 Å². The summed E-state index contributed by atoms with van der Waals surface area (Å²) in [5.74, 6) is 1.00. The molecule has 0 saturated heterocycles. The van der Waals surface area contributed by atoms with E-state index in [1.54, 1.807) is 13.2 Å². The number of aromatic nitrogens is 1. The van der Waals surface area contributed by atoms with Gasteiger partial charge in [0.1, 0.15) is 11.4 Å². The fourth-order valence-electron chi connectivity index (χ4n) is 5.06. The molecule has 8 nitrogen and oxygen atoms in total. The van der Waals surface area contributed by atoms with Crippen LogP contribution in [0, 0.1) is 6.92 Å². The zero-order valence-electron chi connectivity index (χ0n) is 25.2. The molecule has 41 heavy (non-hydrogen) atoms. The summed E-state index contributed by atoms with van der Waals surface area (Å²) < 4.78 is 17.4. The number of hydrogen-bond acceptors (Lipinski definition) is 6. The van der Waals surface area contributed by atoms with E-state index in [0.717, 1.165) is 60.9 Å². The van der Waals surface area contributed by atoms with Crippen molar-refractivity contribution in [3.05, 3.63) is 77.5 Å². The van der Waals surface area contributed by atoms with Crippen molar-refractivity contribution in [2.45, 2.75) is 96.9 Å². The van der Waals surface area contributed by atoms with Gasteiger partial charge in [0, 0.05) is 35.0 Å². The molecule has 0 unspecified atom stereocenters. The second-order valence-corrected chi connectivity index (χ2v) is 11.4. The number of carbonyl (C=O) groups is 2. The number of aryl methyl sites for hydroxylation is 2. The Balaban J connectivity index is 1.69. The number of nitrogens with zero attached hydrogens (tertiary/aromatic N) is 1. The summed E-state index contributed by atoms with van der Waals surface area (Å²) in [7, 11) is 1.59. The molecule has 1 fully saturated rings. The quantitative estimate of drug-likeness (QED) is 0.290. The zero-order chi connectivity index (χ0) is 30.0. The Bertz CT molecular complexity index is 1230. The predicted molar refractivity (Wildman–Crippen MR) is 162 cm³/mol. The highest BCUT2D eigenvalue weighted by Crippen LogP contribution is 2.30. The van der Waals surface area contributed by atoms with Gasteiger partial charge in [-0.25, -0.2) is 9.78 Å². The zero-order valence-corrected chi connectivity index (χ0v) is 25.2. The molecule has 0 bridgehead atoms. The number of benzene rings is 1. The number of rotatable bonds is 12. The Hall–Kier alpha value is -3.81. The number of nitrogens with one attached hydrogen (secondary N) is 2. The van der Waals surface area contributed by atoms with Crippen LogP contribution in [0.25, 0.3) is 0 Å². The molecule has 2 aromatic rings. The highest BCUT2D eigenvalue weighted by atomic mass is 16.6. The SMILES string of the molecule is C=CCCc1cc(C)nc(OC)c1CNC(=O)c1cccc(OC2CCC(NC(=O)OC(C)(C)C)CC2)c1CC=C. The molecule has 2 amide bonds. The molecule has 0 spiro atoms. The first-order valence-electron chi connectivity index (χ1n) is 14.4. The van der Waals surface area contributed by atoms with Crippen LogP contribution in [0.5, 0.6) is 11.6 Å². The fraction of sp³-hybridized carbons (Fsp3) is 0.485. The maximum absolute atomic E-state index is 13.5. The lowest BCUT2D eigenvalue weighted by atomic mass is 9.93. The van der Waals surface area contributed by atoms with Gasteiger partial charge in [0.25, 0.3) is 5.91 Å². The lowest BCUT2D eigenvalue weighted by molar-refractivity contribution is 0.0470. The van der Waals surface area contributed by atoms with Gasteiger partial charge in [-0.15, -0.1) is 13.2 Å². The van der Waals surface area contributed by atoms with Crippen LogP contribution in [0.1, 0.15) is 85.6 Å². The van der Waals surface area contributed by atoms with E-state index in [0.29, 0.717) is 23.6 Å². The number of ether oxygens (including phenoxy) is 3. The van der Waals surface area contributed by atoms with E-state index in [2.05, 4.69) is 28.8 Å². The van der Waals surface area contributed by atoms with Gasteiger partial charge in [0.2, 0.25) is 5.88 Å². The number of methoxy groups -OCH3 is 1. The third-order valence-electron chi connectivity index (χ3n) is 6.96. The molecule has 1 aliphatic rings. The molecule has 3 rings (SSSR count). The van der Waals surface area contributed by atoms with Crippen molar-refractivity contribution in [1.82, 2.24) is 15.6 Å². The van der Waals surface area contributed by atoms with Gasteiger partial charge in [-0.2, -0.15) is 0 Å². The molecule has 0 atom stereocenters. The minimum Gasteiger partial charge on any atom is -0.490 e. The normalized spacial score (nSPS) is 16.8. The lowest BCUT2D eigenvalue weighted by Gasteiger charge is -2.31. The van der Waals surface area contributed by atoms with Gasteiger partial charge in [0.05, 0.1) is 13.2 Å². The van der Waals surface area contributed by atoms with E-state index >= 15 is 0 Å². The molecule has 1 heterocycles. The molecular formula is C33H45N3O5. The summed E-state index contributed by atoms with van der Waals surface area (Å²) in [6.07, 6.45) is 8.52. The number of alkyl carbamates (subject to hydrolysis) is 1. The number of pyridine rings is 1. The van der Waals surface area contributed by atoms with E-state index in [1.807, 2.05) is 58.0 Å². The first-order chi connectivity index (χ1) is 19.5. The van der Waals surface area contributed by atoms with Crippen molar-refractivity contribution < 1.29 is 23.8 Å². The maximum atomic E-state index is 13.5. The molecule has 0 aliphatic heterocycles. The molecule has 1 saturated carbocycles. The Morgan fingerprint density at radius 2 is 1.83 bits per heavy atom. The number of allylic oxidation sites excluding steroid dienone is 2. The van der Waals surface area contributed by atoms with Crippen LogP contribution in [-0.4, -0.2) is 41.8 Å². The van der Waals surface area contributed by atoms with Crippen LogP contribution < -0.4 is 20.1 Å². The molecule has 0 radical (unpaired) electrons. The second-order valence-electron chi connectivity index (χ2n) is 11.4. The predicted octanol–water partition coefficient (Wildman–Crippen LogP) is 6.39. The van der Waals surface area contributed by atoms with Gasteiger partial charge in [-0.3, -0.25) is 4.79 Å². The third kappa shape index (κ3) is 9.37. The lowest BCUT2D eigenvalue weighted by Crippen LogP contribution is -2.42. The van der Waals surface area contributed by atoms with Crippen molar-refractivity contribution in [3.63, 3.8) is 0 Å². The van der Waals surface area contributed by atoms with Gasteiger partial charge in [0.15, 0.2) is 0 Å². The highest BCUT2D eigenvalue weighted by molar-refractivity contribution is 5.96. The van der Waals surface area contributed by atoms with Crippen molar-refractivity contribution in [2.75, 3.05) is 7.11 Å². The standard InChI is InChI=1S/C33H45N3O5/c1-8-10-13-23-20-22(3)35-31(39-7)28(23)21-34-30(37)27-14-11-15-29(26(27)12-9-2)40-25-18-16-24(17-19-25)36-32(38)41-33(4,5)6/h8-9,11,14-15,20,24-25H,1-2,10,12-13,16-19,21H2,3-7H3,(H,34,37)(H,36,38). The van der Waals surface area contributed by atoms with E-state index in [4.69, 9.17) is 14.2 Å². The van der Waals surface area contributed by atoms with E-state index in [9.17, 15) is 9.59 Å². The molecule has 1 aromatic carbocycles. The Kier molecular flexibility index (Phi) is 11.4. The highest BCUT2D eigenvalue weighted by Gasteiger charge is 2.27. The van der Waals surface area contributed by atoms with Crippen molar-refractivity contribution in [1.29, 1.82) is 0 Å². The summed E-state index contributed by atoms with van der Waals surface area (Å²) in [5.41, 5.74) is 3.63. The van der Waals surface area contributed by atoms with Gasteiger partial charge < -0.3 is 24.8 Å². The van der Waals surface area contributed by atoms with Gasteiger partial charge in [-0.05, 0) is 96.4 Å². The average Bonchev–Trinajstić information content (AvgIpc) is 2.91. The smallest absolute Gasteiger partial charge is 0.407 e. The van der Waals surface area contributed by atoms with E-state index in [-0.39, 0.29) is 30.7 Å². The van der Waals surface area contributed by atoms with Crippen LogP contribution in [0.2, 0.25) is 0 Å². The molecule has 222 valence electrons. The van der Waals surface area contributed by atoms with E-state index in [1.165, 1.54) is 0 Å². The average molecular weight is 564 g/mol. The number of carbonyl (C=O) groups excluding carboxylic acids is 2. The first kappa shape index (κ1) is 31.7. The molecule has 1 aliphatic carbocycles. The van der Waals surface area contributed by atoms with Crippen LogP contribution in [0.4, 0.5) is 4.79 Å². The largest absolute Gasteiger partial charge is 0.490 e. The minimum atomic E-state index is -0.528. The van der Waals surface area contributed by atoms with Gasteiger partial charge >= 0.3 is 6.09 Å². The van der Waals surface area contributed by atoms with Crippen molar-refractivity contribution in [3.8, 4) is 11.6 Å². The van der Waals surface area contributed by atoms with Crippen molar-refractivity contribution >= 4 is 12.0 Å².